The van der Waals surface area contributed by atoms with Gasteiger partial charge < -0.3 is 14.9 Å². The summed E-state index contributed by atoms with van der Waals surface area (Å²) in [5.74, 6) is -4.04. The number of hydrogen-bond donors (Lipinski definition) is 2. The Balaban J connectivity index is 2.27. The van der Waals surface area contributed by atoms with Crippen molar-refractivity contribution in [1.82, 2.24) is 0 Å². The van der Waals surface area contributed by atoms with Gasteiger partial charge >= 0.3 is 12.1 Å². The van der Waals surface area contributed by atoms with Crippen LogP contribution in [-0.4, -0.2) is 33.7 Å². The number of rotatable bonds is 3. The van der Waals surface area contributed by atoms with Crippen molar-refractivity contribution in [2.24, 2.45) is 0 Å². The fraction of sp³-hybridized carbons (Fsp3) is 0.111. The predicted molar refractivity (Wildman–Crippen MR) is 83.9 cm³/mol. The van der Waals surface area contributed by atoms with Gasteiger partial charge in [0.15, 0.2) is 0 Å². The van der Waals surface area contributed by atoms with E-state index in [1.807, 2.05) is 0 Å². The Morgan fingerprint density at radius 2 is 1.62 bits per heavy atom. The SMILES string of the molecule is O=C(O)C1=Cc2ccccc2OC1(C(=O)c1ccc(O)cc1)C(F)(F)F. The zero-order valence-electron chi connectivity index (χ0n) is 12.9. The minimum absolute atomic E-state index is 0.114. The van der Waals surface area contributed by atoms with Crippen LogP contribution in [0, 0.1) is 0 Å². The lowest BCUT2D eigenvalue weighted by Gasteiger charge is -2.38. The quantitative estimate of drug-likeness (QED) is 0.816. The van der Waals surface area contributed by atoms with Crippen LogP contribution in [0.25, 0.3) is 6.08 Å². The monoisotopic (exact) mass is 364 g/mol. The van der Waals surface area contributed by atoms with Crippen molar-refractivity contribution in [3.8, 4) is 11.5 Å². The number of aliphatic carboxylic acids is 1. The summed E-state index contributed by atoms with van der Waals surface area (Å²) in [5, 5.41) is 18.6. The summed E-state index contributed by atoms with van der Waals surface area (Å²) in [6.45, 7) is 0. The van der Waals surface area contributed by atoms with E-state index < -0.39 is 34.7 Å². The van der Waals surface area contributed by atoms with Gasteiger partial charge in [0.25, 0.3) is 5.60 Å². The maximum atomic E-state index is 14.0. The van der Waals surface area contributed by atoms with Gasteiger partial charge in [-0.25, -0.2) is 4.79 Å². The highest BCUT2D eigenvalue weighted by molar-refractivity contribution is 6.13. The molecule has 1 unspecified atom stereocenters. The molecule has 0 bridgehead atoms. The third kappa shape index (κ3) is 2.59. The number of carboxylic acid groups (broad SMARTS) is 1. The number of alkyl halides is 3. The molecule has 0 aliphatic carbocycles. The molecule has 5 nitrogen and oxygen atoms in total. The second kappa shape index (κ2) is 5.91. The summed E-state index contributed by atoms with van der Waals surface area (Å²) in [4.78, 5) is 24.3. The number of carbonyl (C=O) groups is 2. The molecule has 0 radical (unpaired) electrons. The van der Waals surface area contributed by atoms with Crippen molar-refractivity contribution in [2.45, 2.75) is 11.8 Å². The van der Waals surface area contributed by atoms with Crippen LogP contribution in [0.1, 0.15) is 15.9 Å². The highest BCUT2D eigenvalue weighted by Gasteiger charge is 2.68. The predicted octanol–water partition coefficient (Wildman–Crippen LogP) is 3.44. The topological polar surface area (TPSA) is 83.8 Å². The van der Waals surface area contributed by atoms with Crippen molar-refractivity contribution in [3.05, 3.63) is 65.2 Å². The zero-order valence-corrected chi connectivity index (χ0v) is 12.9. The minimum Gasteiger partial charge on any atom is -0.508 e. The first-order valence-electron chi connectivity index (χ1n) is 7.31. The molecule has 0 saturated carbocycles. The molecule has 0 amide bonds. The first-order valence-corrected chi connectivity index (χ1v) is 7.31. The van der Waals surface area contributed by atoms with E-state index in [1.165, 1.54) is 24.3 Å². The molecule has 2 aromatic rings. The van der Waals surface area contributed by atoms with E-state index >= 15 is 0 Å². The Labute approximate surface area is 145 Å². The van der Waals surface area contributed by atoms with E-state index in [2.05, 4.69) is 0 Å². The number of carbonyl (C=O) groups excluding carboxylic acids is 1. The second-order valence-electron chi connectivity index (χ2n) is 5.56. The molecule has 1 heterocycles. The summed E-state index contributed by atoms with van der Waals surface area (Å²) in [7, 11) is 0. The number of fused-ring (bicyclic) bond motifs is 1. The fourth-order valence-corrected chi connectivity index (χ4v) is 2.71. The molecule has 2 N–H and O–H groups in total. The molecular weight excluding hydrogens is 353 g/mol. The van der Waals surface area contributed by atoms with Crippen LogP contribution >= 0.6 is 0 Å². The highest BCUT2D eigenvalue weighted by Crippen LogP contribution is 2.47. The lowest BCUT2D eigenvalue weighted by molar-refractivity contribution is -0.215. The second-order valence-corrected chi connectivity index (χ2v) is 5.56. The Morgan fingerprint density at radius 3 is 2.19 bits per heavy atom. The molecule has 134 valence electrons. The number of ether oxygens (including phenoxy) is 1. The minimum atomic E-state index is -5.35. The van der Waals surface area contributed by atoms with Gasteiger partial charge in [0.05, 0.1) is 5.57 Å². The van der Waals surface area contributed by atoms with Crippen molar-refractivity contribution in [3.63, 3.8) is 0 Å². The van der Waals surface area contributed by atoms with E-state index in [-0.39, 0.29) is 17.1 Å². The maximum absolute atomic E-state index is 14.0. The number of ketones is 1. The van der Waals surface area contributed by atoms with Crippen LogP contribution in [0.3, 0.4) is 0 Å². The van der Waals surface area contributed by atoms with Crippen molar-refractivity contribution in [2.75, 3.05) is 0 Å². The number of hydrogen-bond acceptors (Lipinski definition) is 4. The Kier molecular flexibility index (Phi) is 3.98. The molecular formula is C18H11F3O5. The van der Waals surface area contributed by atoms with Crippen LogP contribution in [0.5, 0.6) is 11.5 Å². The van der Waals surface area contributed by atoms with Gasteiger partial charge in [0, 0.05) is 11.1 Å². The number of benzene rings is 2. The van der Waals surface area contributed by atoms with Gasteiger partial charge in [0.2, 0.25) is 5.78 Å². The summed E-state index contributed by atoms with van der Waals surface area (Å²) in [5.41, 5.74) is -5.28. The number of carboxylic acids is 1. The molecule has 0 spiro atoms. The third-order valence-corrected chi connectivity index (χ3v) is 3.94. The van der Waals surface area contributed by atoms with E-state index in [0.717, 1.165) is 30.3 Å². The number of phenols is 1. The molecule has 3 rings (SSSR count). The summed E-state index contributed by atoms with van der Waals surface area (Å²) < 4.78 is 47.1. The van der Waals surface area contributed by atoms with E-state index in [9.17, 15) is 33.0 Å². The Morgan fingerprint density at radius 1 is 1.00 bits per heavy atom. The largest absolute Gasteiger partial charge is 0.508 e. The van der Waals surface area contributed by atoms with Crippen LogP contribution in [0.2, 0.25) is 0 Å². The lowest BCUT2D eigenvalue weighted by atomic mass is 9.81. The Hall–Kier alpha value is -3.29. The van der Waals surface area contributed by atoms with Crippen LogP contribution in [0.15, 0.2) is 54.1 Å². The number of para-hydroxylation sites is 1. The highest BCUT2D eigenvalue weighted by atomic mass is 19.4. The molecule has 26 heavy (non-hydrogen) atoms. The van der Waals surface area contributed by atoms with Crippen molar-refractivity contribution < 1.29 is 37.7 Å². The molecule has 8 heteroatoms. The van der Waals surface area contributed by atoms with E-state index in [0.29, 0.717) is 0 Å². The Bertz CT molecular complexity index is 915. The van der Waals surface area contributed by atoms with Gasteiger partial charge in [-0.3, -0.25) is 4.79 Å². The molecule has 2 aromatic carbocycles. The average molecular weight is 364 g/mol. The van der Waals surface area contributed by atoms with Gasteiger partial charge in [-0.05, 0) is 36.4 Å². The smallest absolute Gasteiger partial charge is 0.440 e. The third-order valence-electron chi connectivity index (χ3n) is 3.94. The summed E-state index contributed by atoms with van der Waals surface area (Å²) in [6.07, 6.45) is -4.56. The molecule has 1 aliphatic heterocycles. The van der Waals surface area contributed by atoms with Gasteiger partial charge in [0.1, 0.15) is 11.5 Å². The van der Waals surface area contributed by atoms with Crippen molar-refractivity contribution in [1.29, 1.82) is 0 Å². The van der Waals surface area contributed by atoms with Crippen molar-refractivity contribution >= 4 is 17.8 Å². The molecule has 1 aliphatic rings. The first kappa shape index (κ1) is 17.5. The molecule has 1 atom stereocenters. The normalized spacial score (nSPS) is 19.1. The average Bonchev–Trinajstić information content (AvgIpc) is 2.59. The van der Waals surface area contributed by atoms with E-state index in [4.69, 9.17) is 4.74 Å². The molecule has 0 fully saturated rings. The summed E-state index contributed by atoms with van der Waals surface area (Å²) in [6, 6.07) is 9.49. The number of aromatic hydroxyl groups is 1. The first-order chi connectivity index (χ1) is 12.2. The lowest BCUT2D eigenvalue weighted by Crippen LogP contribution is -2.60. The number of Topliss-reactive ketones (excluding diaryl/α,β-unsaturated/α-hetero) is 1. The molecule has 0 aromatic heterocycles. The van der Waals surface area contributed by atoms with Crippen LogP contribution in [-0.2, 0) is 4.79 Å². The van der Waals surface area contributed by atoms with Gasteiger partial charge in [-0.1, -0.05) is 18.2 Å². The van der Waals surface area contributed by atoms with Gasteiger partial charge in [-0.15, -0.1) is 0 Å². The van der Waals surface area contributed by atoms with Crippen LogP contribution in [0.4, 0.5) is 13.2 Å². The number of phenolic OH excluding ortho intramolecular Hbond substituents is 1. The zero-order chi connectivity index (χ0) is 19.1. The number of halogens is 3. The standard InChI is InChI=1S/C18H11F3O5/c19-18(20,21)17(15(23)10-5-7-12(22)8-6-10)13(16(24)25)9-11-3-1-2-4-14(11)26-17/h1-9,22H,(H,24,25). The molecule has 0 saturated heterocycles. The van der Waals surface area contributed by atoms with Crippen LogP contribution < -0.4 is 4.74 Å². The maximum Gasteiger partial charge on any atom is 0.440 e. The van der Waals surface area contributed by atoms with Gasteiger partial charge in [-0.2, -0.15) is 13.2 Å². The fourth-order valence-electron chi connectivity index (χ4n) is 2.71. The summed E-state index contributed by atoms with van der Waals surface area (Å²) >= 11 is 0. The van der Waals surface area contributed by atoms with E-state index in [1.54, 1.807) is 0 Å².